The second-order valence-electron chi connectivity index (χ2n) is 4.10. The standard InChI is InChI=1S/C8H2F14O3/c9-1(4(12,13)14)25-8(21,22)7(19,20)6(17,18)5(15,16)3(10,11)2(23)24/h1H,(H,23,24). The SMILES string of the molecule is O=C(O)C(F)(F)C(F)(F)C(F)(F)C(F)(F)C(F)(F)OC(F)C(F)(F)F. The molecular formula is C8H2F14O3. The zero-order chi connectivity index (χ0) is 20.9. The van der Waals surface area contributed by atoms with Gasteiger partial charge in [-0.25, -0.2) is 9.18 Å². The summed E-state index contributed by atoms with van der Waals surface area (Å²) >= 11 is 0. The van der Waals surface area contributed by atoms with E-state index in [0.29, 0.717) is 0 Å². The quantitative estimate of drug-likeness (QED) is 0.642. The van der Waals surface area contributed by atoms with E-state index in [9.17, 15) is 66.3 Å². The van der Waals surface area contributed by atoms with Crippen LogP contribution in [0.1, 0.15) is 0 Å². The minimum Gasteiger partial charge on any atom is -0.477 e. The summed E-state index contributed by atoms with van der Waals surface area (Å²) in [6.07, 6.45) is -19.3. The highest BCUT2D eigenvalue weighted by molar-refractivity contribution is 5.77. The van der Waals surface area contributed by atoms with Gasteiger partial charge in [0.2, 0.25) is 0 Å². The minimum absolute atomic E-state index is 1.64. The lowest BCUT2D eigenvalue weighted by Gasteiger charge is -2.38. The van der Waals surface area contributed by atoms with Gasteiger partial charge in [0, 0.05) is 0 Å². The number of carbonyl (C=O) groups is 1. The molecule has 0 aliphatic carbocycles. The summed E-state index contributed by atoms with van der Waals surface area (Å²) < 4.78 is 176. The van der Waals surface area contributed by atoms with Gasteiger partial charge in [0.05, 0.1) is 0 Å². The van der Waals surface area contributed by atoms with E-state index in [0.717, 1.165) is 0 Å². The summed E-state index contributed by atoms with van der Waals surface area (Å²) in [5, 5.41) is 7.63. The topological polar surface area (TPSA) is 46.5 Å². The molecule has 0 aromatic carbocycles. The highest BCUT2D eigenvalue weighted by Crippen LogP contribution is 2.57. The Morgan fingerprint density at radius 3 is 1.36 bits per heavy atom. The first-order chi connectivity index (χ1) is 10.6. The fourth-order valence-corrected chi connectivity index (χ4v) is 0.982. The maximum absolute atomic E-state index is 12.9. The normalized spacial score (nSPS) is 16.7. The van der Waals surface area contributed by atoms with Gasteiger partial charge in [-0.3, -0.25) is 4.74 Å². The van der Waals surface area contributed by atoms with Gasteiger partial charge in [-0.2, -0.15) is 57.1 Å². The van der Waals surface area contributed by atoms with Crippen LogP contribution in [0.4, 0.5) is 61.5 Å². The third-order valence-corrected chi connectivity index (χ3v) is 2.33. The number of carboxylic acids is 1. The molecular weight excluding hydrogens is 410 g/mol. The molecule has 0 aromatic heterocycles. The summed E-state index contributed by atoms with van der Waals surface area (Å²) in [6.45, 7) is 0. The molecule has 17 heteroatoms. The molecule has 3 nitrogen and oxygen atoms in total. The van der Waals surface area contributed by atoms with Crippen LogP contribution in [-0.2, 0) is 9.53 Å². The molecule has 1 unspecified atom stereocenters. The molecule has 0 aromatic rings. The average Bonchev–Trinajstić information content (AvgIpc) is 2.35. The number of rotatable bonds is 7. The van der Waals surface area contributed by atoms with Gasteiger partial charge in [-0.1, -0.05) is 0 Å². The smallest absolute Gasteiger partial charge is 0.445 e. The van der Waals surface area contributed by atoms with Crippen molar-refractivity contribution in [3.63, 3.8) is 0 Å². The maximum Gasteiger partial charge on any atom is 0.445 e. The van der Waals surface area contributed by atoms with Crippen molar-refractivity contribution in [1.29, 1.82) is 0 Å². The molecule has 0 radical (unpaired) electrons. The number of aliphatic carboxylic acids is 1. The number of halogens is 14. The Bertz CT molecular complexity index is 509. The Labute approximate surface area is 126 Å². The first kappa shape index (κ1) is 23.4. The van der Waals surface area contributed by atoms with Crippen LogP contribution in [-0.4, -0.2) is 53.4 Å². The van der Waals surface area contributed by atoms with Gasteiger partial charge in [-0.05, 0) is 0 Å². The van der Waals surface area contributed by atoms with Crippen LogP contribution < -0.4 is 0 Å². The molecule has 150 valence electrons. The van der Waals surface area contributed by atoms with Crippen LogP contribution in [0.5, 0.6) is 0 Å². The first-order valence-corrected chi connectivity index (χ1v) is 5.08. The van der Waals surface area contributed by atoms with E-state index in [-0.39, 0.29) is 0 Å². The molecule has 0 saturated carbocycles. The van der Waals surface area contributed by atoms with E-state index in [1.54, 1.807) is 4.74 Å². The van der Waals surface area contributed by atoms with Gasteiger partial charge >= 0.3 is 41.9 Å². The largest absolute Gasteiger partial charge is 0.477 e. The predicted molar refractivity (Wildman–Crippen MR) is 44.4 cm³/mol. The second-order valence-corrected chi connectivity index (χ2v) is 4.10. The van der Waals surface area contributed by atoms with Crippen molar-refractivity contribution in [2.24, 2.45) is 0 Å². The molecule has 25 heavy (non-hydrogen) atoms. The zero-order valence-corrected chi connectivity index (χ0v) is 10.6. The molecule has 0 spiro atoms. The second kappa shape index (κ2) is 6.01. The Hall–Kier alpha value is -1.55. The number of hydrogen-bond donors (Lipinski definition) is 1. The summed E-state index contributed by atoms with van der Waals surface area (Å²) in [5.41, 5.74) is 0. The van der Waals surface area contributed by atoms with Crippen molar-refractivity contribution < 1.29 is 76.1 Å². The van der Waals surface area contributed by atoms with Gasteiger partial charge in [0.15, 0.2) is 0 Å². The lowest BCUT2D eigenvalue weighted by molar-refractivity contribution is -0.467. The lowest BCUT2D eigenvalue weighted by atomic mass is 9.98. The monoisotopic (exact) mass is 412 g/mol. The molecule has 0 amide bonds. The molecule has 0 heterocycles. The number of alkyl halides is 14. The van der Waals surface area contributed by atoms with Crippen LogP contribution >= 0.6 is 0 Å². The van der Waals surface area contributed by atoms with E-state index in [2.05, 4.69) is 0 Å². The number of ether oxygens (including phenoxy) is 1. The van der Waals surface area contributed by atoms with Crippen LogP contribution in [0.3, 0.4) is 0 Å². The molecule has 1 atom stereocenters. The van der Waals surface area contributed by atoms with Crippen molar-refractivity contribution in [3.8, 4) is 0 Å². The van der Waals surface area contributed by atoms with Crippen molar-refractivity contribution in [2.75, 3.05) is 0 Å². The van der Waals surface area contributed by atoms with E-state index >= 15 is 0 Å². The van der Waals surface area contributed by atoms with Crippen molar-refractivity contribution in [3.05, 3.63) is 0 Å². The zero-order valence-electron chi connectivity index (χ0n) is 10.6. The minimum atomic E-state index is -8.00. The molecule has 0 aliphatic rings. The maximum atomic E-state index is 12.9. The number of hydrogen-bond acceptors (Lipinski definition) is 2. The van der Waals surface area contributed by atoms with Gasteiger partial charge in [0.1, 0.15) is 0 Å². The Kier molecular flexibility index (Phi) is 5.64. The average molecular weight is 412 g/mol. The van der Waals surface area contributed by atoms with Gasteiger partial charge in [-0.15, -0.1) is 0 Å². The molecule has 0 rings (SSSR count). The van der Waals surface area contributed by atoms with E-state index in [4.69, 9.17) is 5.11 Å². The fraction of sp³-hybridized carbons (Fsp3) is 0.875. The van der Waals surface area contributed by atoms with Crippen molar-refractivity contribution >= 4 is 5.97 Å². The summed E-state index contributed by atoms with van der Waals surface area (Å²) in [5.74, 6) is -34.9. The molecule has 0 fully saturated rings. The Balaban J connectivity index is 6.08. The van der Waals surface area contributed by atoms with Gasteiger partial charge < -0.3 is 5.11 Å². The van der Waals surface area contributed by atoms with E-state index in [1.165, 1.54) is 0 Å². The molecule has 0 bridgehead atoms. The predicted octanol–water partition coefficient (Wildman–Crippen LogP) is 4.08. The summed E-state index contributed by atoms with van der Waals surface area (Å²) in [4.78, 5) is 9.76. The van der Waals surface area contributed by atoms with Crippen molar-refractivity contribution in [2.45, 2.75) is 42.3 Å². The van der Waals surface area contributed by atoms with Crippen LogP contribution in [0.2, 0.25) is 0 Å². The Morgan fingerprint density at radius 1 is 0.720 bits per heavy atom. The third kappa shape index (κ3) is 3.55. The van der Waals surface area contributed by atoms with Crippen LogP contribution in [0, 0.1) is 0 Å². The summed E-state index contributed by atoms with van der Waals surface area (Å²) in [6, 6.07) is 0. The van der Waals surface area contributed by atoms with E-state index < -0.39 is 48.3 Å². The van der Waals surface area contributed by atoms with E-state index in [1.807, 2.05) is 0 Å². The molecule has 1 N–H and O–H groups in total. The molecule has 0 aliphatic heterocycles. The molecule has 0 saturated heterocycles. The van der Waals surface area contributed by atoms with Crippen LogP contribution in [0.25, 0.3) is 0 Å². The van der Waals surface area contributed by atoms with Crippen LogP contribution in [0.15, 0.2) is 0 Å². The highest BCUT2D eigenvalue weighted by Gasteiger charge is 2.89. The third-order valence-electron chi connectivity index (χ3n) is 2.33. The Morgan fingerprint density at radius 2 is 1.08 bits per heavy atom. The number of carboxylic acid groups (broad SMARTS) is 1. The fourth-order valence-electron chi connectivity index (χ4n) is 0.982. The first-order valence-electron chi connectivity index (χ1n) is 5.08. The van der Waals surface area contributed by atoms with Gasteiger partial charge in [0.25, 0.3) is 6.36 Å². The summed E-state index contributed by atoms with van der Waals surface area (Å²) in [7, 11) is 0. The highest BCUT2D eigenvalue weighted by atomic mass is 19.4. The van der Waals surface area contributed by atoms with Crippen molar-refractivity contribution in [1.82, 2.24) is 0 Å². The lowest BCUT2D eigenvalue weighted by Crippen LogP contribution is -2.69.